The zero-order valence-electron chi connectivity index (χ0n) is 11.7. The second-order valence-electron chi connectivity index (χ2n) is 5.37. The molecule has 1 heterocycles. The average Bonchev–Trinajstić information content (AvgIpc) is 2.28. The first-order valence-electron chi connectivity index (χ1n) is 6.49. The van der Waals surface area contributed by atoms with Crippen molar-refractivity contribution >= 4 is 16.0 Å². The van der Waals surface area contributed by atoms with E-state index in [1.807, 2.05) is 13.8 Å². The summed E-state index contributed by atoms with van der Waals surface area (Å²) in [7, 11) is -1.90. The van der Waals surface area contributed by atoms with Crippen molar-refractivity contribution in [1.29, 1.82) is 0 Å². The minimum atomic E-state index is -3.43. The molecule has 7 heteroatoms. The van der Waals surface area contributed by atoms with Crippen molar-refractivity contribution in [2.45, 2.75) is 32.7 Å². The first-order chi connectivity index (χ1) is 8.77. The highest BCUT2D eigenvalue weighted by atomic mass is 32.2. The number of ether oxygens (including phenoxy) is 1. The van der Waals surface area contributed by atoms with Gasteiger partial charge in [0, 0.05) is 26.3 Å². The minimum absolute atomic E-state index is 0.00246. The van der Waals surface area contributed by atoms with Crippen LogP contribution in [0.5, 0.6) is 0 Å². The Morgan fingerprint density at radius 2 is 2.11 bits per heavy atom. The normalized spacial score (nSPS) is 27.1. The fourth-order valence-electron chi connectivity index (χ4n) is 2.45. The van der Waals surface area contributed by atoms with Crippen LogP contribution in [-0.4, -0.2) is 55.9 Å². The molecular formula is C12H23NO5S. The Morgan fingerprint density at radius 3 is 2.63 bits per heavy atom. The molecule has 0 bridgehead atoms. The van der Waals surface area contributed by atoms with Gasteiger partial charge in [0.2, 0.25) is 10.0 Å². The van der Waals surface area contributed by atoms with Gasteiger partial charge in [0.15, 0.2) is 0 Å². The van der Waals surface area contributed by atoms with Gasteiger partial charge in [-0.25, -0.2) is 8.42 Å². The monoisotopic (exact) mass is 293 g/mol. The Bertz CT molecular complexity index is 408. The molecule has 1 saturated heterocycles. The van der Waals surface area contributed by atoms with Gasteiger partial charge in [-0.2, -0.15) is 4.31 Å². The quantitative estimate of drug-likeness (QED) is 0.782. The lowest BCUT2D eigenvalue weighted by molar-refractivity contribution is -0.143. The molecule has 1 N–H and O–H groups in total. The van der Waals surface area contributed by atoms with Crippen molar-refractivity contribution in [3.63, 3.8) is 0 Å². The van der Waals surface area contributed by atoms with Gasteiger partial charge in [-0.1, -0.05) is 6.92 Å². The molecule has 1 fully saturated rings. The summed E-state index contributed by atoms with van der Waals surface area (Å²) in [6, 6.07) is -0.129. The lowest BCUT2D eigenvalue weighted by Gasteiger charge is -2.35. The molecule has 0 radical (unpaired) electrons. The molecule has 0 amide bonds. The maximum atomic E-state index is 12.3. The Balaban J connectivity index is 2.77. The maximum absolute atomic E-state index is 12.3. The first kappa shape index (κ1) is 16.4. The topological polar surface area (TPSA) is 83.9 Å². The number of methoxy groups -OCH3 is 1. The first-order valence-corrected chi connectivity index (χ1v) is 8.10. The van der Waals surface area contributed by atoms with Gasteiger partial charge in [-0.05, 0) is 25.7 Å². The lowest BCUT2D eigenvalue weighted by atomic mass is 9.96. The zero-order chi connectivity index (χ0) is 14.6. The number of hydrogen-bond acceptors (Lipinski definition) is 4. The van der Waals surface area contributed by atoms with Gasteiger partial charge >= 0.3 is 5.97 Å². The molecule has 0 aromatic heterocycles. The number of hydrogen-bond donors (Lipinski definition) is 1. The molecule has 6 nitrogen and oxygen atoms in total. The third-order valence-electron chi connectivity index (χ3n) is 3.48. The fourth-order valence-corrected chi connectivity index (χ4v) is 4.52. The SMILES string of the molecule is COCC(C)CS(=O)(=O)N1CC(C(=O)O)CCC1C. The summed E-state index contributed by atoms with van der Waals surface area (Å²) >= 11 is 0. The molecule has 3 atom stereocenters. The number of carbonyl (C=O) groups is 1. The molecule has 112 valence electrons. The predicted octanol–water partition coefficient (Wildman–Crippen LogP) is 0.784. The van der Waals surface area contributed by atoms with Gasteiger partial charge in [0.05, 0.1) is 11.7 Å². The molecule has 0 saturated carbocycles. The van der Waals surface area contributed by atoms with E-state index in [9.17, 15) is 13.2 Å². The molecule has 0 aromatic rings. The van der Waals surface area contributed by atoms with Crippen molar-refractivity contribution in [1.82, 2.24) is 4.31 Å². The van der Waals surface area contributed by atoms with E-state index in [4.69, 9.17) is 9.84 Å². The van der Waals surface area contributed by atoms with Crippen molar-refractivity contribution in [3.05, 3.63) is 0 Å². The van der Waals surface area contributed by atoms with Gasteiger partial charge < -0.3 is 9.84 Å². The number of piperidine rings is 1. The van der Waals surface area contributed by atoms with E-state index in [0.717, 1.165) is 0 Å². The molecule has 0 aromatic carbocycles. The third kappa shape index (κ3) is 4.43. The minimum Gasteiger partial charge on any atom is -0.481 e. The molecule has 19 heavy (non-hydrogen) atoms. The summed E-state index contributed by atoms with van der Waals surface area (Å²) in [6.45, 7) is 4.10. The predicted molar refractivity (Wildman–Crippen MR) is 71.4 cm³/mol. The smallest absolute Gasteiger partial charge is 0.307 e. The second kappa shape index (κ2) is 6.67. The van der Waals surface area contributed by atoms with E-state index < -0.39 is 21.9 Å². The van der Waals surface area contributed by atoms with Gasteiger partial charge in [-0.15, -0.1) is 0 Å². The van der Waals surface area contributed by atoms with Gasteiger partial charge in [0.25, 0.3) is 0 Å². The number of aliphatic carboxylic acids is 1. The summed E-state index contributed by atoms with van der Waals surface area (Å²) in [5.41, 5.74) is 0. The second-order valence-corrected chi connectivity index (χ2v) is 7.34. The molecular weight excluding hydrogens is 270 g/mol. The summed E-state index contributed by atoms with van der Waals surface area (Å²) in [5, 5.41) is 9.03. The Hall–Kier alpha value is -0.660. The molecule has 3 unspecified atom stereocenters. The van der Waals surface area contributed by atoms with Crippen LogP contribution in [0.25, 0.3) is 0 Å². The standard InChI is InChI=1S/C12H23NO5S/c1-9(7-18-3)8-19(16,17)13-6-11(12(14)15)5-4-10(13)2/h9-11H,4-8H2,1-3H3,(H,14,15). The number of carboxylic acid groups (broad SMARTS) is 1. The summed E-state index contributed by atoms with van der Waals surface area (Å²) < 4.78 is 30.9. The van der Waals surface area contributed by atoms with E-state index >= 15 is 0 Å². The number of sulfonamides is 1. The van der Waals surface area contributed by atoms with Crippen LogP contribution in [0, 0.1) is 11.8 Å². The fraction of sp³-hybridized carbons (Fsp3) is 0.917. The van der Waals surface area contributed by atoms with E-state index in [-0.39, 0.29) is 24.3 Å². The lowest BCUT2D eigenvalue weighted by Crippen LogP contribution is -2.48. The van der Waals surface area contributed by atoms with Crippen LogP contribution in [0.1, 0.15) is 26.7 Å². The van der Waals surface area contributed by atoms with Gasteiger partial charge in [-0.3, -0.25) is 4.79 Å². The van der Waals surface area contributed by atoms with Crippen LogP contribution < -0.4 is 0 Å². The van der Waals surface area contributed by atoms with Crippen LogP contribution >= 0.6 is 0 Å². The molecule has 0 spiro atoms. The van der Waals surface area contributed by atoms with Crippen LogP contribution in [-0.2, 0) is 19.6 Å². The van der Waals surface area contributed by atoms with Crippen molar-refractivity contribution in [2.24, 2.45) is 11.8 Å². The summed E-state index contributed by atoms with van der Waals surface area (Å²) in [5.74, 6) is -1.62. The molecule has 1 aliphatic rings. The summed E-state index contributed by atoms with van der Waals surface area (Å²) in [4.78, 5) is 11.0. The van der Waals surface area contributed by atoms with Crippen LogP contribution in [0.4, 0.5) is 0 Å². The van der Waals surface area contributed by atoms with E-state index in [0.29, 0.717) is 19.4 Å². The molecule has 0 aliphatic carbocycles. The number of rotatable bonds is 6. The Kier molecular flexibility index (Phi) is 5.76. The average molecular weight is 293 g/mol. The van der Waals surface area contributed by atoms with Crippen molar-refractivity contribution < 1.29 is 23.1 Å². The highest BCUT2D eigenvalue weighted by molar-refractivity contribution is 7.89. The summed E-state index contributed by atoms with van der Waals surface area (Å²) in [6.07, 6.45) is 1.13. The van der Waals surface area contributed by atoms with Crippen LogP contribution in [0.15, 0.2) is 0 Å². The van der Waals surface area contributed by atoms with Crippen molar-refractivity contribution in [2.75, 3.05) is 26.0 Å². The highest BCUT2D eigenvalue weighted by Crippen LogP contribution is 2.25. The zero-order valence-corrected chi connectivity index (χ0v) is 12.5. The van der Waals surface area contributed by atoms with Crippen LogP contribution in [0.3, 0.4) is 0 Å². The third-order valence-corrected chi connectivity index (χ3v) is 5.69. The van der Waals surface area contributed by atoms with Crippen molar-refractivity contribution in [3.8, 4) is 0 Å². The maximum Gasteiger partial charge on any atom is 0.307 e. The largest absolute Gasteiger partial charge is 0.481 e. The Labute approximate surface area is 114 Å². The number of carboxylic acids is 1. The number of nitrogens with zero attached hydrogens (tertiary/aromatic N) is 1. The molecule has 1 aliphatic heterocycles. The van der Waals surface area contributed by atoms with E-state index in [1.165, 1.54) is 11.4 Å². The van der Waals surface area contributed by atoms with Crippen LogP contribution in [0.2, 0.25) is 0 Å². The van der Waals surface area contributed by atoms with E-state index in [1.54, 1.807) is 0 Å². The highest BCUT2D eigenvalue weighted by Gasteiger charge is 2.36. The van der Waals surface area contributed by atoms with E-state index in [2.05, 4.69) is 0 Å². The Morgan fingerprint density at radius 1 is 1.47 bits per heavy atom. The molecule has 1 rings (SSSR count). The van der Waals surface area contributed by atoms with Gasteiger partial charge in [0.1, 0.15) is 0 Å².